The molecule has 4 aromatic carbocycles. The van der Waals surface area contributed by atoms with Crippen molar-refractivity contribution in [1.82, 2.24) is 0 Å². The number of fused-ring (bicyclic) bond motifs is 2. The Morgan fingerprint density at radius 2 is 1.58 bits per heavy atom. The first-order chi connectivity index (χ1) is 18.3. The molecular formula is C28H24N2O7S. The highest BCUT2D eigenvalue weighted by molar-refractivity contribution is 7.92. The summed E-state index contributed by atoms with van der Waals surface area (Å²) in [6.07, 6.45) is -1.06. The predicted molar refractivity (Wildman–Crippen MR) is 142 cm³/mol. The Hall–Kier alpha value is -4.57. The van der Waals surface area contributed by atoms with E-state index in [1.165, 1.54) is 43.3 Å². The molecule has 38 heavy (non-hydrogen) atoms. The molecule has 0 saturated carbocycles. The van der Waals surface area contributed by atoms with E-state index < -0.39 is 28.0 Å². The zero-order chi connectivity index (χ0) is 26.7. The van der Waals surface area contributed by atoms with Gasteiger partial charge in [-0.15, -0.1) is 0 Å². The Labute approximate surface area is 219 Å². The van der Waals surface area contributed by atoms with E-state index in [0.717, 1.165) is 10.8 Å². The van der Waals surface area contributed by atoms with Gasteiger partial charge in [-0.25, -0.2) is 13.2 Å². The van der Waals surface area contributed by atoms with Crippen LogP contribution in [0.4, 0.5) is 11.4 Å². The number of benzene rings is 4. The second-order valence-corrected chi connectivity index (χ2v) is 10.2. The zero-order valence-corrected chi connectivity index (χ0v) is 21.2. The highest BCUT2D eigenvalue weighted by Crippen LogP contribution is 2.32. The van der Waals surface area contributed by atoms with Gasteiger partial charge in [0.2, 0.25) is 0 Å². The molecule has 0 bridgehead atoms. The number of esters is 1. The standard InChI is InChI=1S/C28H24N2O7S/c1-18(27(31)29-24-8-4-6-19-5-2-3-7-23(19)24)37-28(32)20-9-11-21(12-10-20)30-38(33,34)22-13-14-25-26(17-22)36-16-15-35-25/h2-14,17-18,30H,15-16H2,1H3,(H,29,31)/t18-/m1/s1. The topological polar surface area (TPSA) is 120 Å². The molecule has 1 aliphatic heterocycles. The summed E-state index contributed by atoms with van der Waals surface area (Å²) in [5, 5.41) is 4.64. The summed E-state index contributed by atoms with van der Waals surface area (Å²) in [5.41, 5.74) is 1.03. The maximum absolute atomic E-state index is 12.8. The molecule has 194 valence electrons. The van der Waals surface area contributed by atoms with Crippen molar-refractivity contribution >= 4 is 44.0 Å². The third-order valence-corrected chi connectivity index (χ3v) is 7.28. The lowest BCUT2D eigenvalue weighted by molar-refractivity contribution is -0.123. The van der Waals surface area contributed by atoms with Crippen molar-refractivity contribution in [1.29, 1.82) is 0 Å². The van der Waals surface area contributed by atoms with Crippen LogP contribution in [0.2, 0.25) is 0 Å². The molecule has 0 aliphatic carbocycles. The molecule has 5 rings (SSSR count). The van der Waals surface area contributed by atoms with E-state index in [9.17, 15) is 18.0 Å². The maximum Gasteiger partial charge on any atom is 0.338 e. The van der Waals surface area contributed by atoms with Gasteiger partial charge in [0.25, 0.3) is 15.9 Å². The molecule has 0 radical (unpaired) electrons. The largest absolute Gasteiger partial charge is 0.486 e. The number of ether oxygens (including phenoxy) is 3. The summed E-state index contributed by atoms with van der Waals surface area (Å²) < 4.78 is 44.3. The Kier molecular flexibility index (Phi) is 6.89. The van der Waals surface area contributed by atoms with Crippen molar-refractivity contribution in [3.05, 3.63) is 90.5 Å². The smallest absolute Gasteiger partial charge is 0.338 e. The average molecular weight is 533 g/mol. The van der Waals surface area contributed by atoms with Crippen LogP contribution in [0.1, 0.15) is 17.3 Å². The third-order valence-electron chi connectivity index (χ3n) is 5.90. The van der Waals surface area contributed by atoms with Gasteiger partial charge in [-0.05, 0) is 54.8 Å². The van der Waals surface area contributed by atoms with E-state index in [4.69, 9.17) is 14.2 Å². The van der Waals surface area contributed by atoms with Gasteiger partial charge >= 0.3 is 5.97 Å². The summed E-state index contributed by atoms with van der Waals surface area (Å²) in [6.45, 7) is 2.22. The maximum atomic E-state index is 12.8. The SMILES string of the molecule is C[C@@H](OC(=O)c1ccc(NS(=O)(=O)c2ccc3c(c2)OCCO3)cc1)C(=O)Nc1cccc2ccccc12. The van der Waals surface area contributed by atoms with Gasteiger partial charge in [-0.1, -0.05) is 36.4 Å². The van der Waals surface area contributed by atoms with E-state index in [0.29, 0.717) is 30.4 Å². The Balaban J connectivity index is 1.21. The van der Waals surface area contributed by atoms with Crippen molar-refractivity contribution in [2.45, 2.75) is 17.9 Å². The van der Waals surface area contributed by atoms with Crippen LogP contribution in [0.25, 0.3) is 10.8 Å². The van der Waals surface area contributed by atoms with Crippen LogP contribution >= 0.6 is 0 Å². The van der Waals surface area contributed by atoms with Gasteiger partial charge in [0.05, 0.1) is 10.5 Å². The van der Waals surface area contributed by atoms with Gasteiger partial charge in [0, 0.05) is 22.8 Å². The molecule has 0 fully saturated rings. The van der Waals surface area contributed by atoms with E-state index in [-0.39, 0.29) is 16.1 Å². The van der Waals surface area contributed by atoms with E-state index in [1.54, 1.807) is 12.1 Å². The van der Waals surface area contributed by atoms with Gasteiger partial charge < -0.3 is 19.5 Å². The molecule has 0 aromatic heterocycles. The van der Waals surface area contributed by atoms with Crippen LogP contribution < -0.4 is 19.5 Å². The molecule has 1 aliphatic rings. The molecular weight excluding hydrogens is 508 g/mol. The number of nitrogens with one attached hydrogen (secondary N) is 2. The Morgan fingerprint density at radius 1 is 0.868 bits per heavy atom. The minimum Gasteiger partial charge on any atom is -0.486 e. The number of carbonyl (C=O) groups excluding carboxylic acids is 2. The molecule has 10 heteroatoms. The average Bonchev–Trinajstić information content (AvgIpc) is 2.93. The van der Waals surface area contributed by atoms with Crippen molar-refractivity contribution in [2.24, 2.45) is 0 Å². The van der Waals surface area contributed by atoms with Gasteiger partial charge in [-0.2, -0.15) is 0 Å². The molecule has 9 nitrogen and oxygen atoms in total. The van der Waals surface area contributed by atoms with Crippen LogP contribution in [-0.2, 0) is 19.6 Å². The van der Waals surface area contributed by atoms with Crippen LogP contribution in [0.5, 0.6) is 11.5 Å². The highest BCUT2D eigenvalue weighted by Gasteiger charge is 2.22. The van der Waals surface area contributed by atoms with Crippen LogP contribution in [0.3, 0.4) is 0 Å². The second kappa shape index (κ2) is 10.4. The summed E-state index contributed by atoms with van der Waals surface area (Å²) in [6, 6.07) is 23.2. The summed E-state index contributed by atoms with van der Waals surface area (Å²) in [4.78, 5) is 25.3. The molecule has 1 atom stereocenters. The van der Waals surface area contributed by atoms with E-state index in [1.807, 2.05) is 36.4 Å². The van der Waals surface area contributed by atoms with Gasteiger partial charge in [-0.3, -0.25) is 9.52 Å². The first-order valence-corrected chi connectivity index (χ1v) is 13.3. The quantitative estimate of drug-likeness (QED) is 0.334. The summed E-state index contributed by atoms with van der Waals surface area (Å²) in [5.74, 6) is -0.348. The van der Waals surface area contributed by atoms with Crippen molar-refractivity contribution < 1.29 is 32.2 Å². The Bertz CT molecular complexity index is 1610. The molecule has 4 aromatic rings. The minimum atomic E-state index is -3.91. The molecule has 2 N–H and O–H groups in total. The first kappa shape index (κ1) is 25.1. The summed E-state index contributed by atoms with van der Waals surface area (Å²) >= 11 is 0. The lowest BCUT2D eigenvalue weighted by atomic mass is 10.1. The number of hydrogen-bond acceptors (Lipinski definition) is 7. The number of carbonyl (C=O) groups is 2. The van der Waals surface area contributed by atoms with E-state index in [2.05, 4.69) is 10.0 Å². The summed E-state index contributed by atoms with van der Waals surface area (Å²) in [7, 11) is -3.91. The fraction of sp³-hybridized carbons (Fsp3) is 0.143. The molecule has 0 saturated heterocycles. The first-order valence-electron chi connectivity index (χ1n) is 11.8. The van der Waals surface area contributed by atoms with E-state index >= 15 is 0 Å². The fourth-order valence-corrected chi connectivity index (χ4v) is 5.00. The second-order valence-electron chi connectivity index (χ2n) is 8.55. The number of hydrogen-bond donors (Lipinski definition) is 2. The van der Waals surface area contributed by atoms with Crippen LogP contribution in [0, 0.1) is 0 Å². The van der Waals surface area contributed by atoms with Crippen LogP contribution in [-0.4, -0.2) is 39.6 Å². The number of rotatable bonds is 7. The van der Waals surface area contributed by atoms with Crippen LogP contribution in [0.15, 0.2) is 89.8 Å². The fourth-order valence-electron chi connectivity index (χ4n) is 3.93. The number of amides is 1. The van der Waals surface area contributed by atoms with Gasteiger partial charge in [0.1, 0.15) is 13.2 Å². The monoisotopic (exact) mass is 532 g/mol. The molecule has 0 spiro atoms. The lowest BCUT2D eigenvalue weighted by Gasteiger charge is -2.19. The highest BCUT2D eigenvalue weighted by atomic mass is 32.2. The predicted octanol–water partition coefficient (Wildman–Crippen LogP) is 4.60. The van der Waals surface area contributed by atoms with Gasteiger partial charge in [0.15, 0.2) is 17.6 Å². The molecule has 1 heterocycles. The van der Waals surface area contributed by atoms with Crippen molar-refractivity contribution in [3.63, 3.8) is 0 Å². The lowest BCUT2D eigenvalue weighted by Crippen LogP contribution is -2.30. The normalized spacial score (nSPS) is 13.4. The minimum absolute atomic E-state index is 0.0104. The molecule has 1 amide bonds. The Morgan fingerprint density at radius 3 is 2.37 bits per heavy atom. The van der Waals surface area contributed by atoms with Crippen molar-refractivity contribution in [2.75, 3.05) is 23.3 Å². The number of anilines is 2. The third kappa shape index (κ3) is 5.40. The number of sulfonamides is 1. The zero-order valence-electron chi connectivity index (χ0n) is 20.3. The molecule has 0 unspecified atom stereocenters. The van der Waals surface area contributed by atoms with Crippen molar-refractivity contribution in [3.8, 4) is 11.5 Å².